The number of likely N-dealkylation sites (tertiary alicyclic amines) is 1. The van der Waals surface area contributed by atoms with E-state index >= 15 is 0 Å². The molecule has 6 heteroatoms. The van der Waals surface area contributed by atoms with Crippen LogP contribution in [0.3, 0.4) is 0 Å². The minimum absolute atomic E-state index is 0.0688. The quantitative estimate of drug-likeness (QED) is 0.896. The average Bonchev–Trinajstić information content (AvgIpc) is 2.54. The van der Waals surface area contributed by atoms with Gasteiger partial charge in [0.05, 0.1) is 0 Å². The van der Waals surface area contributed by atoms with Crippen LogP contribution in [-0.4, -0.2) is 49.7 Å². The second-order valence-corrected chi connectivity index (χ2v) is 5.30. The Balaban J connectivity index is 1.69. The Bertz CT molecular complexity index is 484. The number of hydrogen-bond acceptors (Lipinski definition) is 4. The molecule has 1 aliphatic heterocycles. The molecule has 0 bridgehead atoms. The molecule has 1 N–H and O–H groups in total. The van der Waals surface area contributed by atoms with Gasteiger partial charge in [0.1, 0.15) is 13.2 Å². The Labute approximate surface area is 130 Å². The Morgan fingerprint density at radius 1 is 1.23 bits per heavy atom. The van der Waals surface area contributed by atoms with Crippen LogP contribution in [0.15, 0.2) is 30.3 Å². The maximum Gasteiger partial charge on any atom is 0.410 e. The number of carbonyl (C=O) groups is 2. The van der Waals surface area contributed by atoms with E-state index in [0.29, 0.717) is 13.1 Å². The van der Waals surface area contributed by atoms with E-state index in [9.17, 15) is 9.59 Å². The fourth-order valence-corrected chi connectivity index (χ4v) is 2.42. The lowest BCUT2D eigenvalue weighted by Gasteiger charge is -2.31. The van der Waals surface area contributed by atoms with Crippen LogP contribution in [0, 0.1) is 0 Å². The van der Waals surface area contributed by atoms with Gasteiger partial charge in [-0.15, -0.1) is 0 Å². The third-order valence-corrected chi connectivity index (χ3v) is 3.60. The number of nitrogens with zero attached hydrogens (tertiary/aromatic N) is 1. The highest BCUT2D eigenvalue weighted by Gasteiger charge is 2.24. The molecule has 0 saturated carbocycles. The van der Waals surface area contributed by atoms with Gasteiger partial charge >= 0.3 is 6.09 Å². The molecule has 1 fully saturated rings. The smallest absolute Gasteiger partial charge is 0.410 e. The number of ether oxygens (including phenoxy) is 2. The molecule has 0 aromatic heterocycles. The second-order valence-electron chi connectivity index (χ2n) is 5.30. The van der Waals surface area contributed by atoms with Gasteiger partial charge in [0.25, 0.3) is 0 Å². The first-order valence-electron chi connectivity index (χ1n) is 7.43. The fraction of sp³-hybridized carbons (Fsp3) is 0.500. The zero-order valence-corrected chi connectivity index (χ0v) is 12.8. The summed E-state index contributed by atoms with van der Waals surface area (Å²) in [5.74, 6) is -0.118. The molecule has 0 aliphatic carbocycles. The van der Waals surface area contributed by atoms with Crippen molar-refractivity contribution in [2.45, 2.75) is 25.5 Å². The number of rotatable bonds is 5. The summed E-state index contributed by atoms with van der Waals surface area (Å²) in [6.45, 7) is 1.53. The number of carbonyl (C=O) groups excluding carboxylic acids is 2. The van der Waals surface area contributed by atoms with E-state index in [2.05, 4.69) is 5.32 Å². The third-order valence-electron chi connectivity index (χ3n) is 3.60. The Morgan fingerprint density at radius 3 is 2.55 bits per heavy atom. The standard InChI is InChI=1S/C16H22N2O4/c1-21-12-15(19)17-14-7-9-18(10-8-14)16(20)22-11-13-5-3-2-4-6-13/h2-6,14H,7-12H2,1H3,(H,17,19). The molecule has 0 unspecified atom stereocenters. The highest BCUT2D eigenvalue weighted by atomic mass is 16.6. The second kappa shape index (κ2) is 8.38. The van der Waals surface area contributed by atoms with Crippen LogP contribution >= 0.6 is 0 Å². The summed E-state index contributed by atoms with van der Waals surface area (Å²) in [5, 5.41) is 2.89. The van der Waals surface area contributed by atoms with Gasteiger partial charge in [-0.3, -0.25) is 4.79 Å². The van der Waals surface area contributed by atoms with E-state index in [-0.39, 0.29) is 31.3 Å². The number of methoxy groups -OCH3 is 1. The van der Waals surface area contributed by atoms with Crippen LogP contribution < -0.4 is 5.32 Å². The predicted molar refractivity (Wildman–Crippen MR) is 81.2 cm³/mol. The molecule has 0 radical (unpaired) electrons. The lowest BCUT2D eigenvalue weighted by atomic mass is 10.1. The number of nitrogens with one attached hydrogen (secondary N) is 1. The van der Waals surface area contributed by atoms with E-state index in [1.54, 1.807) is 4.90 Å². The first-order valence-corrected chi connectivity index (χ1v) is 7.43. The molecule has 0 atom stereocenters. The Kier molecular flexibility index (Phi) is 6.21. The molecular weight excluding hydrogens is 284 g/mol. The molecule has 2 amide bonds. The monoisotopic (exact) mass is 306 g/mol. The molecule has 1 aromatic carbocycles. The van der Waals surface area contributed by atoms with Crippen molar-refractivity contribution in [1.82, 2.24) is 10.2 Å². The van der Waals surface area contributed by atoms with Crippen molar-refractivity contribution < 1.29 is 19.1 Å². The highest BCUT2D eigenvalue weighted by molar-refractivity contribution is 5.77. The molecular formula is C16H22N2O4. The van der Waals surface area contributed by atoms with Crippen LogP contribution in [0.1, 0.15) is 18.4 Å². The molecule has 1 aliphatic rings. The number of hydrogen-bond donors (Lipinski definition) is 1. The molecule has 2 rings (SSSR count). The van der Waals surface area contributed by atoms with Gasteiger partial charge in [0.15, 0.2) is 0 Å². The third kappa shape index (κ3) is 5.04. The lowest BCUT2D eigenvalue weighted by molar-refractivity contribution is -0.125. The summed E-state index contributed by atoms with van der Waals surface area (Å²) in [4.78, 5) is 25.1. The fourth-order valence-electron chi connectivity index (χ4n) is 2.42. The Hall–Kier alpha value is -2.08. The molecule has 1 heterocycles. The molecule has 1 aromatic rings. The van der Waals surface area contributed by atoms with Crippen LogP contribution in [0.2, 0.25) is 0 Å². The first-order chi connectivity index (χ1) is 10.7. The summed E-state index contributed by atoms with van der Waals surface area (Å²) < 4.78 is 10.1. The molecule has 1 saturated heterocycles. The average molecular weight is 306 g/mol. The zero-order valence-electron chi connectivity index (χ0n) is 12.8. The predicted octanol–water partition coefficient (Wildman–Crippen LogP) is 1.55. The maximum absolute atomic E-state index is 12.0. The van der Waals surface area contributed by atoms with Gasteiger partial charge in [-0.1, -0.05) is 30.3 Å². The van der Waals surface area contributed by atoms with Gasteiger partial charge < -0.3 is 19.7 Å². The van der Waals surface area contributed by atoms with E-state index in [4.69, 9.17) is 9.47 Å². The van der Waals surface area contributed by atoms with Gasteiger partial charge in [0.2, 0.25) is 5.91 Å². The topological polar surface area (TPSA) is 67.9 Å². The SMILES string of the molecule is COCC(=O)NC1CCN(C(=O)OCc2ccccc2)CC1. The maximum atomic E-state index is 12.0. The van der Waals surface area contributed by atoms with Gasteiger partial charge in [-0.25, -0.2) is 4.79 Å². The van der Waals surface area contributed by atoms with E-state index in [1.807, 2.05) is 30.3 Å². The van der Waals surface area contributed by atoms with E-state index < -0.39 is 0 Å². The number of benzene rings is 1. The summed E-state index contributed by atoms with van der Waals surface area (Å²) in [7, 11) is 1.49. The van der Waals surface area contributed by atoms with E-state index in [1.165, 1.54) is 7.11 Å². The summed E-state index contributed by atoms with van der Waals surface area (Å²) >= 11 is 0. The summed E-state index contributed by atoms with van der Waals surface area (Å²) in [6, 6.07) is 9.69. The van der Waals surface area contributed by atoms with Crippen LogP contribution in [0.5, 0.6) is 0 Å². The molecule has 0 spiro atoms. The molecule has 22 heavy (non-hydrogen) atoms. The lowest BCUT2D eigenvalue weighted by Crippen LogP contribution is -2.47. The van der Waals surface area contributed by atoms with Crippen molar-refractivity contribution in [2.24, 2.45) is 0 Å². The van der Waals surface area contributed by atoms with Crippen LogP contribution in [0.4, 0.5) is 4.79 Å². The number of piperidine rings is 1. The van der Waals surface area contributed by atoms with E-state index in [0.717, 1.165) is 18.4 Å². The van der Waals surface area contributed by atoms with Crippen molar-refractivity contribution in [3.8, 4) is 0 Å². The van der Waals surface area contributed by atoms with Gasteiger partial charge in [0, 0.05) is 26.2 Å². The Morgan fingerprint density at radius 2 is 1.91 bits per heavy atom. The summed E-state index contributed by atoms with van der Waals surface area (Å²) in [5.41, 5.74) is 0.970. The van der Waals surface area contributed by atoms with Crippen molar-refractivity contribution in [3.05, 3.63) is 35.9 Å². The van der Waals surface area contributed by atoms with Gasteiger partial charge in [-0.2, -0.15) is 0 Å². The molecule has 6 nitrogen and oxygen atoms in total. The molecule has 120 valence electrons. The summed E-state index contributed by atoms with van der Waals surface area (Å²) in [6.07, 6.45) is 1.16. The van der Waals surface area contributed by atoms with Crippen LogP contribution in [-0.2, 0) is 20.9 Å². The minimum Gasteiger partial charge on any atom is -0.445 e. The largest absolute Gasteiger partial charge is 0.445 e. The van der Waals surface area contributed by atoms with Gasteiger partial charge in [-0.05, 0) is 18.4 Å². The first kappa shape index (κ1) is 16.3. The van der Waals surface area contributed by atoms with Crippen molar-refractivity contribution in [3.63, 3.8) is 0 Å². The van der Waals surface area contributed by atoms with Crippen molar-refractivity contribution in [1.29, 1.82) is 0 Å². The highest BCUT2D eigenvalue weighted by Crippen LogP contribution is 2.12. The van der Waals surface area contributed by atoms with Crippen molar-refractivity contribution in [2.75, 3.05) is 26.8 Å². The van der Waals surface area contributed by atoms with Crippen LogP contribution in [0.25, 0.3) is 0 Å². The minimum atomic E-state index is -0.300. The number of amides is 2. The normalized spacial score (nSPS) is 15.4. The van der Waals surface area contributed by atoms with Crippen molar-refractivity contribution >= 4 is 12.0 Å². The zero-order chi connectivity index (χ0) is 15.8.